The molecule has 0 spiro atoms. The lowest BCUT2D eigenvalue weighted by molar-refractivity contribution is 0.800. The van der Waals surface area contributed by atoms with E-state index in [1.165, 1.54) is 0 Å². The van der Waals surface area contributed by atoms with Crippen molar-refractivity contribution in [1.29, 1.82) is 0 Å². The van der Waals surface area contributed by atoms with E-state index >= 15 is 0 Å². The second-order valence-corrected chi connectivity index (χ2v) is 5.32. The maximum Gasteiger partial charge on any atom is 0.113 e. The number of hydrogen-bond acceptors (Lipinski definition) is 2. The van der Waals surface area contributed by atoms with Gasteiger partial charge in [0.1, 0.15) is 5.82 Å². The van der Waals surface area contributed by atoms with Crippen molar-refractivity contribution >= 4 is 15.9 Å². The number of rotatable bonds is 4. The standard InChI is InChI=1S/C14H18BrN3/c1-3-4-14-17-7-8-18(14)13-6-5-11(10(2)16)9-12(13)15/h5-10H,3-4,16H2,1-2H3. The molecule has 2 N–H and O–H groups in total. The molecular formula is C14H18BrN3. The lowest BCUT2D eigenvalue weighted by Crippen LogP contribution is -2.06. The highest BCUT2D eigenvalue weighted by Gasteiger charge is 2.09. The zero-order valence-electron chi connectivity index (χ0n) is 10.7. The summed E-state index contributed by atoms with van der Waals surface area (Å²) in [4.78, 5) is 4.40. The van der Waals surface area contributed by atoms with Gasteiger partial charge in [-0.25, -0.2) is 4.98 Å². The van der Waals surface area contributed by atoms with Crippen LogP contribution >= 0.6 is 15.9 Å². The highest BCUT2D eigenvalue weighted by atomic mass is 79.9. The molecule has 1 unspecified atom stereocenters. The lowest BCUT2D eigenvalue weighted by Gasteiger charge is -2.12. The first-order valence-electron chi connectivity index (χ1n) is 6.21. The molecule has 0 aliphatic carbocycles. The Morgan fingerprint density at radius 3 is 2.83 bits per heavy atom. The number of nitrogens with two attached hydrogens (primary N) is 1. The Morgan fingerprint density at radius 2 is 2.22 bits per heavy atom. The summed E-state index contributed by atoms with van der Waals surface area (Å²) in [7, 11) is 0. The lowest BCUT2D eigenvalue weighted by atomic mass is 10.1. The highest BCUT2D eigenvalue weighted by molar-refractivity contribution is 9.10. The van der Waals surface area contributed by atoms with E-state index in [-0.39, 0.29) is 6.04 Å². The number of benzene rings is 1. The first kappa shape index (κ1) is 13.3. The molecule has 4 heteroatoms. The smallest absolute Gasteiger partial charge is 0.113 e. The normalized spacial score (nSPS) is 12.7. The summed E-state index contributed by atoms with van der Waals surface area (Å²) in [5.41, 5.74) is 8.13. The van der Waals surface area contributed by atoms with Crippen LogP contribution in [0.2, 0.25) is 0 Å². The minimum Gasteiger partial charge on any atom is -0.324 e. The van der Waals surface area contributed by atoms with Crippen LogP contribution in [0.5, 0.6) is 0 Å². The Hall–Kier alpha value is -1.13. The van der Waals surface area contributed by atoms with E-state index in [0.29, 0.717) is 0 Å². The molecule has 0 saturated carbocycles. The Labute approximate surface area is 116 Å². The van der Waals surface area contributed by atoms with Crippen molar-refractivity contribution in [3.63, 3.8) is 0 Å². The Bertz CT molecular complexity index is 532. The third-order valence-electron chi connectivity index (χ3n) is 2.95. The van der Waals surface area contributed by atoms with Gasteiger partial charge in [0.05, 0.1) is 5.69 Å². The summed E-state index contributed by atoms with van der Waals surface area (Å²) in [5.74, 6) is 1.09. The maximum atomic E-state index is 5.89. The van der Waals surface area contributed by atoms with E-state index in [4.69, 9.17) is 5.73 Å². The van der Waals surface area contributed by atoms with Crippen molar-refractivity contribution in [1.82, 2.24) is 9.55 Å². The van der Waals surface area contributed by atoms with Crippen molar-refractivity contribution in [2.24, 2.45) is 5.73 Å². The fourth-order valence-corrected chi connectivity index (χ4v) is 2.55. The minimum atomic E-state index is 0.0493. The minimum absolute atomic E-state index is 0.0493. The van der Waals surface area contributed by atoms with E-state index in [2.05, 4.69) is 50.6 Å². The van der Waals surface area contributed by atoms with E-state index in [9.17, 15) is 0 Å². The van der Waals surface area contributed by atoms with E-state index in [0.717, 1.165) is 34.4 Å². The van der Waals surface area contributed by atoms with Crippen LogP contribution in [0.25, 0.3) is 5.69 Å². The van der Waals surface area contributed by atoms with Crippen LogP contribution in [0.15, 0.2) is 35.1 Å². The van der Waals surface area contributed by atoms with Gasteiger partial charge in [-0.05, 0) is 47.0 Å². The maximum absolute atomic E-state index is 5.89. The second-order valence-electron chi connectivity index (χ2n) is 4.46. The molecule has 1 aromatic heterocycles. The van der Waals surface area contributed by atoms with Gasteiger partial charge in [0.25, 0.3) is 0 Å². The van der Waals surface area contributed by atoms with Gasteiger partial charge in [-0.15, -0.1) is 0 Å². The van der Waals surface area contributed by atoms with Crippen molar-refractivity contribution in [3.8, 4) is 5.69 Å². The van der Waals surface area contributed by atoms with Gasteiger partial charge in [0, 0.05) is 29.3 Å². The van der Waals surface area contributed by atoms with E-state index in [1.54, 1.807) is 0 Å². The van der Waals surface area contributed by atoms with Gasteiger partial charge in [-0.2, -0.15) is 0 Å². The number of aromatic nitrogens is 2. The summed E-state index contributed by atoms with van der Waals surface area (Å²) in [6.07, 6.45) is 5.91. The third kappa shape index (κ3) is 2.65. The molecule has 2 aromatic rings. The molecule has 3 nitrogen and oxygen atoms in total. The number of imidazole rings is 1. The largest absolute Gasteiger partial charge is 0.324 e. The zero-order chi connectivity index (χ0) is 13.1. The van der Waals surface area contributed by atoms with Crippen molar-refractivity contribution in [2.75, 3.05) is 0 Å². The Morgan fingerprint density at radius 1 is 1.44 bits per heavy atom. The van der Waals surface area contributed by atoms with Gasteiger partial charge >= 0.3 is 0 Å². The molecule has 0 bridgehead atoms. The molecule has 1 heterocycles. The van der Waals surface area contributed by atoms with Crippen LogP contribution in [-0.4, -0.2) is 9.55 Å². The monoisotopic (exact) mass is 307 g/mol. The molecule has 18 heavy (non-hydrogen) atoms. The number of aryl methyl sites for hydroxylation is 1. The van der Waals surface area contributed by atoms with Crippen LogP contribution in [0.3, 0.4) is 0 Å². The van der Waals surface area contributed by atoms with Crippen LogP contribution in [0, 0.1) is 0 Å². The molecule has 0 aliphatic rings. The summed E-state index contributed by atoms with van der Waals surface area (Å²) in [6.45, 7) is 4.15. The molecule has 1 aromatic carbocycles. The van der Waals surface area contributed by atoms with Crippen molar-refractivity contribution in [2.45, 2.75) is 32.7 Å². The molecule has 96 valence electrons. The van der Waals surface area contributed by atoms with Crippen LogP contribution < -0.4 is 5.73 Å². The van der Waals surface area contributed by atoms with Crippen molar-refractivity contribution in [3.05, 3.63) is 46.5 Å². The fourth-order valence-electron chi connectivity index (χ4n) is 1.96. The van der Waals surface area contributed by atoms with Crippen LogP contribution in [0.4, 0.5) is 0 Å². The highest BCUT2D eigenvalue weighted by Crippen LogP contribution is 2.25. The molecule has 0 fully saturated rings. The fraction of sp³-hybridized carbons (Fsp3) is 0.357. The summed E-state index contributed by atoms with van der Waals surface area (Å²) >= 11 is 3.62. The van der Waals surface area contributed by atoms with Gasteiger partial charge in [-0.3, -0.25) is 0 Å². The molecule has 0 aliphatic heterocycles. The first-order chi connectivity index (χ1) is 8.63. The number of nitrogens with zero attached hydrogens (tertiary/aromatic N) is 2. The average molecular weight is 308 g/mol. The quantitative estimate of drug-likeness (QED) is 0.937. The molecule has 0 radical (unpaired) electrons. The predicted molar refractivity (Wildman–Crippen MR) is 77.9 cm³/mol. The second kappa shape index (κ2) is 5.67. The number of halogens is 1. The molecule has 0 saturated heterocycles. The number of hydrogen-bond donors (Lipinski definition) is 1. The molecule has 0 amide bonds. The van der Waals surface area contributed by atoms with E-state index < -0.39 is 0 Å². The van der Waals surface area contributed by atoms with Gasteiger partial charge in [-0.1, -0.05) is 13.0 Å². The zero-order valence-corrected chi connectivity index (χ0v) is 12.3. The van der Waals surface area contributed by atoms with Crippen LogP contribution in [0.1, 0.15) is 37.7 Å². The molecule has 1 atom stereocenters. The molecule has 2 rings (SSSR count). The third-order valence-corrected chi connectivity index (χ3v) is 3.58. The van der Waals surface area contributed by atoms with Crippen LogP contribution in [-0.2, 0) is 6.42 Å². The van der Waals surface area contributed by atoms with Gasteiger partial charge in [0.2, 0.25) is 0 Å². The predicted octanol–water partition coefficient (Wildman–Crippen LogP) is 3.61. The van der Waals surface area contributed by atoms with Gasteiger partial charge < -0.3 is 10.3 Å². The molecular weight excluding hydrogens is 290 g/mol. The van der Waals surface area contributed by atoms with Gasteiger partial charge in [0.15, 0.2) is 0 Å². The Kier molecular flexibility index (Phi) is 4.19. The topological polar surface area (TPSA) is 43.8 Å². The van der Waals surface area contributed by atoms with E-state index in [1.807, 2.05) is 19.3 Å². The average Bonchev–Trinajstić information content (AvgIpc) is 2.77. The Balaban J connectivity index is 2.41. The SMILES string of the molecule is CCCc1nccn1-c1ccc(C(C)N)cc1Br. The summed E-state index contributed by atoms with van der Waals surface area (Å²) in [5, 5.41) is 0. The first-order valence-corrected chi connectivity index (χ1v) is 7.00. The summed E-state index contributed by atoms with van der Waals surface area (Å²) in [6, 6.07) is 6.29. The van der Waals surface area contributed by atoms with Crippen molar-refractivity contribution < 1.29 is 0 Å². The summed E-state index contributed by atoms with van der Waals surface area (Å²) < 4.78 is 3.17.